The van der Waals surface area contributed by atoms with Crippen molar-refractivity contribution in [2.75, 3.05) is 14.2 Å². The number of nitrogens with zero attached hydrogens (tertiary/aromatic N) is 1. The van der Waals surface area contributed by atoms with Crippen LogP contribution in [0.5, 0.6) is 11.5 Å². The first-order chi connectivity index (χ1) is 8.11. The number of aromatic nitrogens is 1. The summed E-state index contributed by atoms with van der Waals surface area (Å²) >= 11 is 17.6. The van der Waals surface area contributed by atoms with Crippen molar-refractivity contribution >= 4 is 34.8 Å². The van der Waals surface area contributed by atoms with E-state index in [4.69, 9.17) is 44.3 Å². The lowest BCUT2D eigenvalue weighted by Crippen LogP contribution is -2.18. The van der Waals surface area contributed by atoms with Crippen molar-refractivity contribution in [1.29, 1.82) is 0 Å². The Morgan fingerprint density at radius 2 is 1.61 bits per heavy atom. The van der Waals surface area contributed by atoms with Gasteiger partial charge in [0.1, 0.15) is 0 Å². The van der Waals surface area contributed by atoms with Gasteiger partial charge in [0.25, 0.3) is 0 Å². The quantitative estimate of drug-likeness (QED) is 0.766. The Bertz CT molecular complexity index is 436. The molecule has 1 heterocycles. The van der Waals surface area contributed by atoms with Gasteiger partial charge in [-0.3, -0.25) is 0 Å². The fourth-order valence-electron chi connectivity index (χ4n) is 1.51. The maximum absolute atomic E-state index is 5.88. The number of methoxy groups -OCH3 is 2. The summed E-state index contributed by atoms with van der Waals surface area (Å²) in [4.78, 5) is 4.39. The van der Waals surface area contributed by atoms with Gasteiger partial charge in [-0.05, 0) is 0 Å². The van der Waals surface area contributed by atoms with Crippen LogP contribution in [0.4, 0.5) is 0 Å². The second kappa shape index (κ2) is 5.32. The van der Waals surface area contributed by atoms with Crippen LogP contribution in [0.1, 0.15) is 32.2 Å². The van der Waals surface area contributed by atoms with Crippen molar-refractivity contribution in [3.63, 3.8) is 0 Å². The Balaban J connectivity index is 3.57. The molecule has 0 saturated heterocycles. The fraction of sp³-hybridized carbons (Fsp3) is 0.583. The average molecular weight is 313 g/mol. The number of hydrogen-bond donors (Lipinski definition) is 0. The van der Waals surface area contributed by atoms with E-state index in [0.29, 0.717) is 22.9 Å². The predicted molar refractivity (Wildman–Crippen MR) is 75.3 cm³/mol. The van der Waals surface area contributed by atoms with E-state index >= 15 is 0 Å². The van der Waals surface area contributed by atoms with Crippen LogP contribution in [0.3, 0.4) is 0 Å². The molecule has 0 fully saturated rings. The smallest absolute Gasteiger partial charge is 0.232 e. The van der Waals surface area contributed by atoms with E-state index in [1.807, 2.05) is 20.8 Å². The molecule has 1 aromatic heterocycles. The first-order valence-electron chi connectivity index (χ1n) is 5.32. The summed E-state index contributed by atoms with van der Waals surface area (Å²) in [6.07, 6.45) is 0. The lowest BCUT2D eigenvalue weighted by Gasteiger charge is -2.24. The van der Waals surface area contributed by atoms with E-state index in [1.54, 1.807) is 13.2 Å². The lowest BCUT2D eigenvalue weighted by molar-refractivity contribution is 0.340. The standard InChI is InChI=1S/C12H16Cl3NO2/c1-11(2,3)10-9(18-5)7(17-4)6-8(16-10)12(13,14)15/h6H,1-5H3. The molecule has 0 saturated carbocycles. The van der Waals surface area contributed by atoms with Gasteiger partial charge in [0.15, 0.2) is 11.5 Å². The van der Waals surface area contributed by atoms with E-state index in [-0.39, 0.29) is 5.41 Å². The van der Waals surface area contributed by atoms with Crippen LogP contribution in [0.25, 0.3) is 0 Å². The molecule has 0 aliphatic rings. The molecule has 0 amide bonds. The molecule has 18 heavy (non-hydrogen) atoms. The third-order valence-corrected chi connectivity index (χ3v) is 2.94. The minimum Gasteiger partial charge on any atom is -0.493 e. The largest absolute Gasteiger partial charge is 0.493 e. The highest BCUT2D eigenvalue weighted by molar-refractivity contribution is 6.66. The van der Waals surface area contributed by atoms with E-state index in [2.05, 4.69) is 4.98 Å². The van der Waals surface area contributed by atoms with Crippen LogP contribution < -0.4 is 9.47 Å². The number of halogens is 3. The molecular weight excluding hydrogens is 296 g/mol. The Morgan fingerprint density at radius 1 is 1.06 bits per heavy atom. The molecule has 102 valence electrons. The van der Waals surface area contributed by atoms with Gasteiger partial charge in [-0.1, -0.05) is 55.6 Å². The van der Waals surface area contributed by atoms with Gasteiger partial charge in [-0.25, -0.2) is 4.98 Å². The molecule has 0 radical (unpaired) electrons. The van der Waals surface area contributed by atoms with E-state index in [9.17, 15) is 0 Å². The summed E-state index contributed by atoms with van der Waals surface area (Å²) in [6, 6.07) is 1.57. The molecule has 0 N–H and O–H groups in total. The minimum atomic E-state index is -1.60. The number of pyridine rings is 1. The molecule has 1 aromatic rings. The van der Waals surface area contributed by atoms with Gasteiger partial charge in [0, 0.05) is 11.5 Å². The summed E-state index contributed by atoms with van der Waals surface area (Å²) in [5.74, 6) is 1.06. The highest BCUT2D eigenvalue weighted by Crippen LogP contribution is 2.44. The summed E-state index contributed by atoms with van der Waals surface area (Å²) < 4.78 is 9.01. The Labute approximate surface area is 122 Å². The van der Waals surface area contributed by atoms with Crippen molar-refractivity contribution in [3.8, 4) is 11.5 Å². The maximum atomic E-state index is 5.88. The summed E-state index contributed by atoms with van der Waals surface area (Å²) in [6.45, 7) is 6.00. The normalized spacial score (nSPS) is 12.4. The molecule has 1 rings (SSSR count). The van der Waals surface area contributed by atoms with E-state index in [1.165, 1.54) is 7.11 Å². The third kappa shape index (κ3) is 3.34. The molecule has 6 heteroatoms. The molecule has 0 unspecified atom stereocenters. The Morgan fingerprint density at radius 3 is 1.94 bits per heavy atom. The summed E-state index contributed by atoms with van der Waals surface area (Å²) in [7, 11) is 3.09. The second-order valence-electron chi connectivity index (χ2n) is 4.84. The Hall–Kier alpha value is -0.380. The van der Waals surface area contributed by atoms with Crippen molar-refractivity contribution in [2.24, 2.45) is 0 Å². The highest BCUT2D eigenvalue weighted by atomic mass is 35.6. The van der Waals surface area contributed by atoms with Crippen LogP contribution in [0.15, 0.2) is 6.07 Å². The van der Waals surface area contributed by atoms with E-state index < -0.39 is 3.79 Å². The van der Waals surface area contributed by atoms with Crippen LogP contribution in [-0.4, -0.2) is 19.2 Å². The van der Waals surface area contributed by atoms with Crippen LogP contribution in [0.2, 0.25) is 0 Å². The van der Waals surface area contributed by atoms with Gasteiger partial charge >= 0.3 is 0 Å². The fourth-order valence-corrected chi connectivity index (χ4v) is 1.80. The third-order valence-electron chi connectivity index (χ3n) is 2.36. The first-order valence-corrected chi connectivity index (χ1v) is 6.45. The summed E-state index contributed by atoms with van der Waals surface area (Å²) in [5, 5.41) is 0. The number of rotatable bonds is 2. The van der Waals surface area contributed by atoms with Gasteiger partial charge in [-0.2, -0.15) is 0 Å². The zero-order valence-corrected chi connectivity index (χ0v) is 13.2. The van der Waals surface area contributed by atoms with Crippen molar-refractivity contribution < 1.29 is 9.47 Å². The predicted octanol–water partition coefficient (Wildman–Crippen LogP) is 4.22. The molecule has 0 bridgehead atoms. The Kier molecular flexibility index (Phi) is 4.63. The lowest BCUT2D eigenvalue weighted by atomic mass is 9.90. The van der Waals surface area contributed by atoms with Gasteiger partial charge in [-0.15, -0.1) is 0 Å². The van der Waals surface area contributed by atoms with E-state index in [0.717, 1.165) is 0 Å². The number of hydrogen-bond acceptors (Lipinski definition) is 3. The van der Waals surface area contributed by atoms with Gasteiger partial charge in [0.2, 0.25) is 3.79 Å². The van der Waals surface area contributed by atoms with Crippen LogP contribution in [0, 0.1) is 0 Å². The zero-order chi connectivity index (χ0) is 14.1. The number of ether oxygens (including phenoxy) is 2. The molecule has 0 aliphatic carbocycles. The highest BCUT2D eigenvalue weighted by Gasteiger charge is 2.31. The van der Waals surface area contributed by atoms with Crippen molar-refractivity contribution in [2.45, 2.75) is 30.0 Å². The SMILES string of the molecule is COc1cc(C(Cl)(Cl)Cl)nc(C(C)(C)C)c1OC. The molecule has 0 aliphatic heterocycles. The van der Waals surface area contributed by atoms with Crippen molar-refractivity contribution in [3.05, 3.63) is 17.5 Å². The number of alkyl halides is 3. The molecular formula is C12H16Cl3NO2. The topological polar surface area (TPSA) is 31.4 Å². The van der Waals surface area contributed by atoms with Crippen LogP contribution in [-0.2, 0) is 9.21 Å². The first kappa shape index (κ1) is 15.7. The maximum Gasteiger partial charge on any atom is 0.232 e. The molecule has 0 spiro atoms. The van der Waals surface area contributed by atoms with Crippen LogP contribution >= 0.6 is 34.8 Å². The van der Waals surface area contributed by atoms with Gasteiger partial charge in [0.05, 0.1) is 25.6 Å². The second-order valence-corrected chi connectivity index (χ2v) is 7.12. The minimum absolute atomic E-state index is 0.259. The molecule has 0 atom stereocenters. The zero-order valence-electron chi connectivity index (χ0n) is 11.0. The summed E-state index contributed by atoms with van der Waals surface area (Å²) in [5.41, 5.74) is 0.741. The molecule has 3 nitrogen and oxygen atoms in total. The van der Waals surface area contributed by atoms with Crippen molar-refractivity contribution in [1.82, 2.24) is 4.98 Å². The monoisotopic (exact) mass is 311 g/mol. The molecule has 0 aromatic carbocycles. The average Bonchev–Trinajstić information content (AvgIpc) is 2.24. The van der Waals surface area contributed by atoms with Gasteiger partial charge < -0.3 is 9.47 Å².